The van der Waals surface area contributed by atoms with Gasteiger partial charge in [0.1, 0.15) is 5.54 Å². The lowest BCUT2D eigenvalue weighted by Crippen LogP contribution is -2.57. The summed E-state index contributed by atoms with van der Waals surface area (Å²) in [5.41, 5.74) is -0.421. The molecule has 0 aliphatic carbocycles. The minimum atomic E-state index is -1.42. The Bertz CT molecular complexity index is 397. The Morgan fingerprint density at radius 1 is 1.17 bits per heavy atom. The molecule has 1 amide bonds. The van der Waals surface area contributed by atoms with Crippen molar-refractivity contribution in [1.29, 1.82) is 0 Å². The van der Waals surface area contributed by atoms with Crippen molar-refractivity contribution in [3.05, 3.63) is 29.8 Å². The fraction of sp³-hybridized carbons (Fsp3) is 0.417. The van der Waals surface area contributed by atoms with Crippen LogP contribution < -0.4 is 10.6 Å². The van der Waals surface area contributed by atoms with Crippen molar-refractivity contribution in [2.24, 2.45) is 0 Å². The number of aliphatic hydroxyl groups is 3. The highest BCUT2D eigenvalue weighted by molar-refractivity contribution is 6.00. The van der Waals surface area contributed by atoms with Crippen LogP contribution in [0.1, 0.15) is 10.4 Å². The predicted octanol–water partition coefficient (Wildman–Crippen LogP) is -0.826. The molecule has 0 aromatic heterocycles. The van der Waals surface area contributed by atoms with Crippen molar-refractivity contribution in [1.82, 2.24) is 5.32 Å². The number of carbonyl (C=O) groups is 1. The summed E-state index contributed by atoms with van der Waals surface area (Å²) in [5, 5.41) is 32.8. The fourth-order valence-corrected chi connectivity index (χ4v) is 1.48. The highest BCUT2D eigenvalue weighted by Gasteiger charge is 2.30. The Labute approximate surface area is 105 Å². The number of para-hydroxylation sites is 1. The summed E-state index contributed by atoms with van der Waals surface area (Å²) in [5.74, 6) is -0.475. The van der Waals surface area contributed by atoms with Gasteiger partial charge in [-0.2, -0.15) is 0 Å². The van der Waals surface area contributed by atoms with E-state index in [4.69, 9.17) is 15.3 Å². The molecule has 0 aliphatic rings. The molecule has 0 bridgehead atoms. The Kier molecular flexibility index (Phi) is 5.08. The highest BCUT2D eigenvalue weighted by Crippen LogP contribution is 2.15. The number of anilines is 1. The maximum absolute atomic E-state index is 12.0. The number of amides is 1. The maximum Gasteiger partial charge on any atom is 0.254 e. The molecule has 0 aliphatic heterocycles. The number of rotatable bonds is 6. The number of aliphatic hydroxyl groups excluding tert-OH is 3. The quantitative estimate of drug-likeness (QED) is 0.456. The standard InChI is InChI=1S/C12H18N2O4/c1-13-10-5-3-2-4-9(10)11(18)14-12(6-15,7-16)8-17/h2-5,13,15-17H,6-8H2,1H3,(H,14,18). The van der Waals surface area contributed by atoms with Crippen LogP contribution in [0.2, 0.25) is 0 Å². The second-order valence-electron chi connectivity index (χ2n) is 4.00. The van der Waals surface area contributed by atoms with E-state index in [0.717, 1.165) is 0 Å². The van der Waals surface area contributed by atoms with E-state index in [9.17, 15) is 4.79 Å². The summed E-state index contributed by atoms with van der Waals surface area (Å²) in [7, 11) is 1.68. The van der Waals surface area contributed by atoms with E-state index < -0.39 is 31.3 Å². The first-order valence-electron chi connectivity index (χ1n) is 5.54. The normalized spacial score (nSPS) is 11.1. The van der Waals surface area contributed by atoms with Gasteiger partial charge < -0.3 is 26.0 Å². The van der Waals surface area contributed by atoms with Crippen LogP contribution in [-0.2, 0) is 0 Å². The third kappa shape index (κ3) is 2.98. The van der Waals surface area contributed by atoms with Crippen LogP contribution in [0.3, 0.4) is 0 Å². The SMILES string of the molecule is CNc1ccccc1C(=O)NC(CO)(CO)CO. The first-order valence-corrected chi connectivity index (χ1v) is 5.54. The summed E-state index contributed by atoms with van der Waals surface area (Å²) in [4.78, 5) is 12.0. The lowest BCUT2D eigenvalue weighted by atomic mass is 10.0. The molecule has 0 fully saturated rings. The average molecular weight is 254 g/mol. The Morgan fingerprint density at radius 2 is 1.72 bits per heavy atom. The maximum atomic E-state index is 12.0. The van der Waals surface area contributed by atoms with E-state index in [-0.39, 0.29) is 0 Å². The lowest BCUT2D eigenvalue weighted by molar-refractivity contribution is 0.0375. The number of nitrogens with one attached hydrogen (secondary N) is 2. The van der Waals surface area contributed by atoms with E-state index in [2.05, 4.69) is 10.6 Å². The lowest BCUT2D eigenvalue weighted by Gasteiger charge is -2.29. The van der Waals surface area contributed by atoms with Gasteiger partial charge in [-0.05, 0) is 12.1 Å². The Balaban J connectivity index is 2.94. The molecular formula is C12H18N2O4. The fourth-order valence-electron chi connectivity index (χ4n) is 1.48. The minimum absolute atomic E-state index is 0.375. The minimum Gasteiger partial charge on any atom is -0.394 e. The summed E-state index contributed by atoms with van der Waals surface area (Å²) < 4.78 is 0. The molecule has 0 radical (unpaired) electrons. The zero-order valence-corrected chi connectivity index (χ0v) is 10.2. The van der Waals surface area contributed by atoms with Gasteiger partial charge in [0, 0.05) is 12.7 Å². The predicted molar refractivity (Wildman–Crippen MR) is 67.4 cm³/mol. The third-order valence-electron chi connectivity index (χ3n) is 2.73. The summed E-state index contributed by atoms with van der Waals surface area (Å²) in [6.45, 7) is -1.64. The van der Waals surface area contributed by atoms with Crippen LogP contribution in [0, 0.1) is 0 Å². The largest absolute Gasteiger partial charge is 0.394 e. The van der Waals surface area contributed by atoms with Crippen LogP contribution in [0.25, 0.3) is 0 Å². The zero-order chi connectivity index (χ0) is 13.6. The van der Waals surface area contributed by atoms with Crippen LogP contribution >= 0.6 is 0 Å². The van der Waals surface area contributed by atoms with E-state index in [1.54, 1.807) is 31.3 Å². The average Bonchev–Trinajstić information content (AvgIpc) is 2.44. The van der Waals surface area contributed by atoms with Gasteiger partial charge in [0.25, 0.3) is 5.91 Å². The van der Waals surface area contributed by atoms with E-state index in [1.807, 2.05) is 0 Å². The summed E-state index contributed by atoms with van der Waals surface area (Å²) in [6.07, 6.45) is 0. The van der Waals surface area contributed by atoms with Gasteiger partial charge in [-0.1, -0.05) is 12.1 Å². The van der Waals surface area contributed by atoms with Gasteiger partial charge in [0.15, 0.2) is 0 Å². The number of carbonyl (C=O) groups excluding carboxylic acids is 1. The molecule has 0 spiro atoms. The van der Waals surface area contributed by atoms with Gasteiger partial charge in [-0.15, -0.1) is 0 Å². The second-order valence-corrected chi connectivity index (χ2v) is 4.00. The van der Waals surface area contributed by atoms with E-state index in [0.29, 0.717) is 11.3 Å². The molecule has 6 nitrogen and oxygen atoms in total. The molecule has 0 unspecified atom stereocenters. The van der Waals surface area contributed by atoms with Crippen molar-refractivity contribution in [2.75, 3.05) is 32.2 Å². The van der Waals surface area contributed by atoms with Crippen LogP contribution in [0.15, 0.2) is 24.3 Å². The van der Waals surface area contributed by atoms with Gasteiger partial charge in [0.05, 0.1) is 25.4 Å². The topological polar surface area (TPSA) is 102 Å². The molecule has 0 atom stereocenters. The zero-order valence-electron chi connectivity index (χ0n) is 10.2. The number of hydrogen-bond acceptors (Lipinski definition) is 5. The monoisotopic (exact) mass is 254 g/mol. The van der Waals surface area contributed by atoms with Crippen molar-refractivity contribution in [2.45, 2.75) is 5.54 Å². The van der Waals surface area contributed by atoms with Crippen molar-refractivity contribution >= 4 is 11.6 Å². The highest BCUT2D eigenvalue weighted by atomic mass is 16.3. The summed E-state index contributed by atoms with van der Waals surface area (Å²) in [6, 6.07) is 6.82. The molecule has 0 saturated heterocycles. The molecule has 0 heterocycles. The molecule has 1 aromatic carbocycles. The first-order chi connectivity index (χ1) is 8.62. The summed E-state index contributed by atoms with van der Waals surface area (Å²) >= 11 is 0. The first kappa shape index (κ1) is 14.4. The molecule has 6 heteroatoms. The molecule has 1 aromatic rings. The Morgan fingerprint density at radius 3 is 2.22 bits per heavy atom. The van der Waals surface area contributed by atoms with Crippen molar-refractivity contribution in [3.63, 3.8) is 0 Å². The van der Waals surface area contributed by atoms with Crippen molar-refractivity contribution in [3.8, 4) is 0 Å². The van der Waals surface area contributed by atoms with E-state index >= 15 is 0 Å². The Hall–Kier alpha value is -1.63. The molecule has 100 valence electrons. The molecule has 5 N–H and O–H groups in total. The van der Waals surface area contributed by atoms with Crippen molar-refractivity contribution < 1.29 is 20.1 Å². The number of hydrogen-bond donors (Lipinski definition) is 5. The third-order valence-corrected chi connectivity index (χ3v) is 2.73. The van der Waals surface area contributed by atoms with E-state index in [1.165, 1.54) is 0 Å². The molecular weight excluding hydrogens is 236 g/mol. The van der Waals surface area contributed by atoms with Crippen LogP contribution in [-0.4, -0.2) is 53.6 Å². The molecule has 1 rings (SSSR count). The second kappa shape index (κ2) is 6.34. The van der Waals surface area contributed by atoms with Crippen LogP contribution in [0.4, 0.5) is 5.69 Å². The van der Waals surface area contributed by atoms with Gasteiger partial charge >= 0.3 is 0 Å². The van der Waals surface area contributed by atoms with Gasteiger partial charge in [-0.25, -0.2) is 0 Å². The smallest absolute Gasteiger partial charge is 0.254 e. The van der Waals surface area contributed by atoms with Gasteiger partial charge in [-0.3, -0.25) is 4.79 Å². The van der Waals surface area contributed by atoms with Gasteiger partial charge in [0.2, 0.25) is 0 Å². The number of benzene rings is 1. The molecule has 18 heavy (non-hydrogen) atoms. The van der Waals surface area contributed by atoms with Crippen LogP contribution in [0.5, 0.6) is 0 Å². The molecule has 0 saturated carbocycles.